The van der Waals surface area contributed by atoms with Crippen LogP contribution in [0.1, 0.15) is 362 Å². The van der Waals surface area contributed by atoms with E-state index in [1.54, 1.807) is 0 Å². The van der Waals surface area contributed by atoms with Crippen molar-refractivity contribution in [1.29, 1.82) is 0 Å². The van der Waals surface area contributed by atoms with E-state index >= 15 is 0 Å². The Balaban J connectivity index is -0.000000475. The summed E-state index contributed by atoms with van der Waals surface area (Å²) in [6.45, 7) is 37.2. The summed E-state index contributed by atoms with van der Waals surface area (Å²) in [7, 11) is -1.45. The molecule has 0 aromatic heterocycles. The molecule has 0 aromatic carbocycles. The number of hydrogen-bond donors (Lipinski definition) is 3. The highest BCUT2D eigenvalue weighted by Crippen LogP contribution is 2.47. The topological polar surface area (TPSA) is 200 Å². The van der Waals surface area contributed by atoms with E-state index in [0.717, 1.165) is 137 Å². The zero-order valence-corrected chi connectivity index (χ0v) is 82.8. The van der Waals surface area contributed by atoms with Crippen LogP contribution in [0.15, 0.2) is 0 Å². The van der Waals surface area contributed by atoms with Crippen LogP contribution >= 0.6 is 18.9 Å². The first-order valence-corrected chi connectivity index (χ1v) is 63.9. The number of rotatable bonds is 35. The molecule has 23 heteroatoms. The van der Waals surface area contributed by atoms with Crippen LogP contribution in [0.3, 0.4) is 0 Å². The van der Waals surface area contributed by atoms with Gasteiger partial charge in [0.25, 0.3) is 0 Å². The van der Waals surface area contributed by atoms with Gasteiger partial charge in [-0.2, -0.15) is 0 Å². The van der Waals surface area contributed by atoms with Crippen LogP contribution in [0.4, 0.5) is 0 Å². The fourth-order valence-electron chi connectivity index (χ4n) is 20.9. The van der Waals surface area contributed by atoms with Crippen molar-refractivity contribution in [3.8, 4) is 0 Å². The number of Topliss-reactive ketones (excluding diaryl/α,β-unsaturated/α-hetero) is 1. The summed E-state index contributed by atoms with van der Waals surface area (Å²) >= 11 is 0. The molecule has 0 bridgehead atoms. The number of ether oxygens (including phenoxy) is 2. The Bertz CT molecular complexity index is 2470. The molecule has 0 aliphatic heterocycles. The number of carbonyl (C=O) groups excluding carboxylic acids is 5. The monoisotopic (exact) mass is 1740 g/mol. The number of aliphatic hydroxyl groups is 2. The quantitative estimate of drug-likeness (QED) is 0.0234. The van der Waals surface area contributed by atoms with Gasteiger partial charge in [0.2, 0.25) is 0 Å². The fraction of sp³-hybridized carbons (Fsp3) is 0.935. The lowest BCUT2D eigenvalue weighted by atomic mass is 9.76. The second-order valence-electron chi connectivity index (χ2n) is 40.3. The van der Waals surface area contributed by atoms with Crippen LogP contribution in [-0.2, 0) is 47.3 Å². The van der Waals surface area contributed by atoms with Gasteiger partial charge in [0.1, 0.15) is 18.0 Å². The molecule has 8 saturated carbocycles. The van der Waals surface area contributed by atoms with Crippen molar-refractivity contribution in [3.05, 3.63) is 0 Å². The van der Waals surface area contributed by atoms with Crippen molar-refractivity contribution in [3.63, 3.8) is 0 Å². The summed E-state index contributed by atoms with van der Waals surface area (Å²) < 4.78 is 21.2. The Kier molecular flexibility index (Phi) is 62.0. The minimum Gasteiger partial charge on any atom is -0.481 e. The second kappa shape index (κ2) is 61.4. The molecule has 673 valence electrons. The number of unbranched alkanes of at least 4 members (excludes halogenated alkanes) is 10. The van der Waals surface area contributed by atoms with Crippen LogP contribution in [0.5, 0.6) is 0 Å². The van der Waals surface area contributed by atoms with Crippen LogP contribution < -0.4 is 0 Å². The van der Waals surface area contributed by atoms with Gasteiger partial charge in [-0.15, -0.1) is 0 Å². The average molecular weight is 1740 g/mol. The van der Waals surface area contributed by atoms with Crippen molar-refractivity contribution < 1.29 is 66.9 Å². The van der Waals surface area contributed by atoms with E-state index in [1.165, 1.54) is 204 Å². The van der Waals surface area contributed by atoms with Gasteiger partial charge in [0.05, 0.1) is 101 Å². The highest BCUT2D eigenvalue weighted by molar-refractivity contribution is 7.11. The third-order valence-electron chi connectivity index (χ3n) is 29.8. The summed E-state index contributed by atoms with van der Waals surface area (Å²) in [4.78, 5) is 72.0. The summed E-state index contributed by atoms with van der Waals surface area (Å²) in [5, 5.41) is 27.7. The number of aliphatic hydroxyl groups excluding tert-OH is 2. The first-order chi connectivity index (χ1) is 52.2. The van der Waals surface area contributed by atoms with Gasteiger partial charge < -0.3 is 33.8 Å². The molecule has 8 fully saturated rings. The maximum absolute atomic E-state index is 13.2. The summed E-state index contributed by atoms with van der Waals surface area (Å²) in [6.07, 6.45) is 54.5. The lowest BCUT2D eigenvalue weighted by molar-refractivity contribution is -0.158. The molecular weight excluding hydrogens is 1550 g/mol. The highest BCUT2D eigenvalue weighted by atomic mass is 31.0. The molecule has 115 heavy (non-hydrogen) atoms. The van der Waals surface area contributed by atoms with E-state index < -0.39 is 46.3 Å². The lowest BCUT2D eigenvalue weighted by Crippen LogP contribution is -2.37. The lowest BCUT2D eigenvalue weighted by Gasteiger charge is -2.39. The molecule has 0 spiro atoms. The van der Waals surface area contributed by atoms with E-state index in [2.05, 4.69) is 105 Å². The average Bonchev–Trinajstić information content (AvgIpc) is 0.853. The van der Waals surface area contributed by atoms with E-state index in [-0.39, 0.29) is 128 Å². The molecule has 8 aliphatic carbocycles. The van der Waals surface area contributed by atoms with Gasteiger partial charge >= 0.3 is 29.8 Å². The molecule has 8 rings (SSSR count). The summed E-state index contributed by atoms with van der Waals surface area (Å²) in [5.74, 6) is -0.287. The summed E-state index contributed by atoms with van der Waals surface area (Å²) in [5.41, 5.74) is 4.72. The highest BCUT2D eigenvalue weighted by Gasteiger charge is 2.42. The molecule has 0 saturated heterocycles. The largest absolute Gasteiger partial charge is 0.481 e. The smallest absolute Gasteiger partial charge is 0.311 e. The molecule has 0 amide bonds. The molecule has 8 aliphatic rings. The summed E-state index contributed by atoms with van der Waals surface area (Å²) in [6, 6.07) is 7.39. The predicted octanol–water partition coefficient (Wildman–Crippen LogP) is 27.3. The third-order valence-corrected chi connectivity index (χ3v) is 52.5. The van der Waals surface area contributed by atoms with E-state index in [0.29, 0.717) is 37.4 Å². The standard InChI is InChI=1S/C35H66O3Si2.C21H39O4PSi.2C13H28OSi.C8H13O4P.2CH4.3B.3H2/c1-7-9-11-25-39(3,4)32-21-13-28(14-22-32)27-34(36)29-15-17-30(18-16-29)35(37)38-31-19-23-33(24-20-31)40(5,6)26-12-10-8-2;1-4-5-6-15-27(2,3)19-13-11-18(12-14-19)24-20(22)16-7-9-17(10-8-16)21(23)25-26;2*1-4-5-6-11-15(2,3)13-9-7-12(14)8-10-13;9-7(10)5-1-3-6(4-2-5)8(11)12-13;;;;;;;;/h28-33H,7-27H2,1-6H3;16-19H,4-15,26H2,1-3H3;2*12-14H,4-11H2,1-3H3;5-6H,1-4,13H2,(H,9,10);2*1H4;;;;3*1H/i;;;;;;;;;;3*1+1. The Hall–Kier alpha value is -0.921. The molecule has 13 nitrogen and oxygen atoms in total. The van der Waals surface area contributed by atoms with Gasteiger partial charge in [0.15, 0.2) is 0 Å². The van der Waals surface area contributed by atoms with Gasteiger partial charge in [0, 0.05) is 41.9 Å². The van der Waals surface area contributed by atoms with Crippen molar-refractivity contribution in [2.24, 2.45) is 41.4 Å². The van der Waals surface area contributed by atoms with Crippen LogP contribution in [-0.4, -0.2) is 141 Å². The molecule has 3 N–H and O–H groups in total. The number of hydrogen-bond acceptors (Lipinski definition) is 12. The zero-order valence-electron chi connectivity index (χ0n) is 75.5. The van der Waals surface area contributed by atoms with Gasteiger partial charge in [-0.25, -0.2) is 0 Å². The minimum absolute atomic E-state index is 0. The Morgan fingerprint density at radius 3 is 0.739 bits per heavy atom. The maximum atomic E-state index is 13.2. The van der Waals surface area contributed by atoms with Crippen molar-refractivity contribution >= 4 is 120 Å². The molecule has 0 heterocycles. The molecule has 0 aromatic rings. The van der Waals surface area contributed by atoms with Crippen LogP contribution in [0, 0.1) is 41.4 Å². The number of carboxylic acids is 1. The van der Waals surface area contributed by atoms with Crippen molar-refractivity contribution in [2.45, 2.75) is 505 Å². The third kappa shape index (κ3) is 43.5. The van der Waals surface area contributed by atoms with Gasteiger partial charge in [-0.1, -0.05) is 293 Å². The minimum atomic E-state index is -1.17. The molecular formula is C92H188B3O13P2Si5. The first-order valence-electron chi connectivity index (χ1n) is 46.5. The van der Waals surface area contributed by atoms with E-state index in [4.69, 9.17) is 19.1 Å². The van der Waals surface area contributed by atoms with Crippen molar-refractivity contribution in [2.75, 3.05) is 0 Å². The number of esters is 2. The normalized spacial score (nSPS) is 27.8. The second-order valence-corrected chi connectivity index (χ2v) is 67.2. The van der Waals surface area contributed by atoms with E-state index in [1.807, 2.05) is 18.9 Å². The van der Waals surface area contributed by atoms with Gasteiger partial charge in [-0.05, 0) is 188 Å². The molecule has 9 radical (unpaired) electrons. The number of ketones is 1. The Morgan fingerprint density at radius 2 is 0.513 bits per heavy atom. The Labute approximate surface area is 729 Å². The first kappa shape index (κ1) is 116. The number of aliphatic carboxylic acids is 1. The SMILES string of the molecule is C.C.CCCCC[Si](C)(C)C1CCC(CC(=O)C2CCC(C(=O)OC3CCC([Si](C)(C)CCCCC)CC3)CC2)CC1.CCCCC[Si](C)(C)C1CCC(O)CC1.CCCCC[Si](C)(C)C1CCC(O)CC1.CCCCC[Si](C)(C)C1CCC(OC(=O)C2CCC(C(=O)OP)CC2)CC1.O=C(O)C1CCC(C(=O)OP)CC1.[2HH].[2HH].[2HH].[B].[B].[B]. The Morgan fingerprint density at radius 1 is 0.304 bits per heavy atom. The van der Waals surface area contributed by atoms with Crippen LogP contribution in [0.25, 0.3) is 0 Å². The molecule has 2 unspecified atom stereocenters. The zero-order chi connectivity index (χ0) is 81.5. The fourth-order valence-corrected chi connectivity index (χ4v) is 38.6. The van der Waals surface area contributed by atoms with E-state index in [9.17, 15) is 39.0 Å². The van der Waals surface area contributed by atoms with Crippen LogP contribution in [0.2, 0.25) is 123 Å². The molecule has 2 atom stereocenters. The number of carboxylic acid groups (broad SMARTS) is 1. The van der Waals surface area contributed by atoms with Gasteiger partial charge in [-0.3, -0.25) is 28.8 Å². The number of carbonyl (C=O) groups is 6. The maximum Gasteiger partial charge on any atom is 0.311 e. The van der Waals surface area contributed by atoms with Crippen molar-refractivity contribution in [1.82, 2.24) is 0 Å². The predicted molar refractivity (Wildman–Crippen MR) is 518 cm³/mol.